The van der Waals surface area contributed by atoms with E-state index in [2.05, 4.69) is 37.1 Å². The van der Waals surface area contributed by atoms with E-state index in [1.165, 1.54) is 0 Å². The molecule has 0 amide bonds. The fourth-order valence-electron chi connectivity index (χ4n) is 1.61. The Bertz CT molecular complexity index is 415. The van der Waals surface area contributed by atoms with Gasteiger partial charge in [-0.2, -0.15) is 5.10 Å². The number of para-hydroxylation sites is 1. The Balaban J connectivity index is 2.21. The molecule has 2 heteroatoms. The van der Waals surface area contributed by atoms with E-state index in [0.29, 0.717) is 5.92 Å². The molecule has 1 aromatic heterocycles. The summed E-state index contributed by atoms with van der Waals surface area (Å²) in [5.41, 5.74) is 2.28. The molecule has 0 N–H and O–H groups in total. The van der Waals surface area contributed by atoms with Gasteiger partial charge in [-0.25, -0.2) is 4.68 Å². The fourth-order valence-corrected chi connectivity index (χ4v) is 1.61. The molecule has 2 nitrogen and oxygen atoms in total. The standard InChI is InChI=1S/C13H16N2/c1-11(2)10-12-8-9-15(14-12)13-6-4-3-5-7-13/h3-9,11H,10H2,1-2H3. The average Bonchev–Trinajstić information content (AvgIpc) is 2.67. The van der Waals surface area contributed by atoms with E-state index in [4.69, 9.17) is 0 Å². The molecule has 0 spiro atoms. The summed E-state index contributed by atoms with van der Waals surface area (Å²) in [4.78, 5) is 0. The van der Waals surface area contributed by atoms with Gasteiger partial charge >= 0.3 is 0 Å². The predicted molar refractivity (Wildman–Crippen MR) is 62.1 cm³/mol. The number of nitrogens with zero attached hydrogens (tertiary/aromatic N) is 2. The normalized spacial score (nSPS) is 10.9. The zero-order valence-electron chi connectivity index (χ0n) is 9.22. The van der Waals surface area contributed by atoms with Gasteiger partial charge in [-0.15, -0.1) is 0 Å². The summed E-state index contributed by atoms with van der Waals surface area (Å²) in [6, 6.07) is 12.3. The Hall–Kier alpha value is -1.57. The Morgan fingerprint density at radius 3 is 2.53 bits per heavy atom. The third-order valence-electron chi connectivity index (χ3n) is 2.28. The minimum absolute atomic E-state index is 0.657. The summed E-state index contributed by atoms with van der Waals surface area (Å²) in [5, 5.41) is 4.54. The molecule has 0 atom stereocenters. The van der Waals surface area contributed by atoms with Crippen LogP contribution >= 0.6 is 0 Å². The molecule has 0 radical (unpaired) electrons. The van der Waals surface area contributed by atoms with Gasteiger partial charge in [0.05, 0.1) is 11.4 Å². The second kappa shape index (κ2) is 4.30. The van der Waals surface area contributed by atoms with Gasteiger partial charge in [0, 0.05) is 6.20 Å². The molecule has 2 aromatic rings. The van der Waals surface area contributed by atoms with Crippen LogP contribution in [0, 0.1) is 5.92 Å². The van der Waals surface area contributed by atoms with Crippen molar-refractivity contribution in [2.45, 2.75) is 20.3 Å². The summed E-state index contributed by atoms with van der Waals surface area (Å²) in [7, 11) is 0. The molecular weight excluding hydrogens is 184 g/mol. The molecule has 0 saturated heterocycles. The van der Waals surface area contributed by atoms with E-state index < -0.39 is 0 Å². The predicted octanol–water partition coefficient (Wildman–Crippen LogP) is 3.07. The molecule has 78 valence electrons. The molecule has 0 aliphatic heterocycles. The lowest BCUT2D eigenvalue weighted by molar-refractivity contribution is 0.628. The third-order valence-corrected chi connectivity index (χ3v) is 2.28. The Morgan fingerprint density at radius 2 is 1.87 bits per heavy atom. The lowest BCUT2D eigenvalue weighted by Gasteiger charge is -2.01. The van der Waals surface area contributed by atoms with Crippen molar-refractivity contribution in [3.05, 3.63) is 48.3 Å². The van der Waals surface area contributed by atoms with E-state index >= 15 is 0 Å². The highest BCUT2D eigenvalue weighted by Crippen LogP contribution is 2.09. The number of benzene rings is 1. The van der Waals surface area contributed by atoms with Gasteiger partial charge in [0.1, 0.15) is 0 Å². The maximum absolute atomic E-state index is 4.54. The SMILES string of the molecule is CC(C)Cc1ccn(-c2ccccc2)n1. The summed E-state index contributed by atoms with van der Waals surface area (Å²) in [6.45, 7) is 4.42. The largest absolute Gasteiger partial charge is 0.241 e. The molecule has 1 heterocycles. The summed E-state index contributed by atoms with van der Waals surface area (Å²) >= 11 is 0. The highest BCUT2D eigenvalue weighted by atomic mass is 15.3. The molecule has 0 bridgehead atoms. The summed E-state index contributed by atoms with van der Waals surface area (Å²) in [6.07, 6.45) is 3.06. The van der Waals surface area contributed by atoms with Crippen molar-refractivity contribution >= 4 is 0 Å². The lowest BCUT2D eigenvalue weighted by atomic mass is 10.1. The molecule has 0 aliphatic carbocycles. The number of hydrogen-bond acceptors (Lipinski definition) is 1. The fraction of sp³-hybridized carbons (Fsp3) is 0.308. The van der Waals surface area contributed by atoms with Gasteiger partial charge in [0.2, 0.25) is 0 Å². The van der Waals surface area contributed by atoms with Crippen LogP contribution < -0.4 is 0 Å². The van der Waals surface area contributed by atoms with E-state index in [9.17, 15) is 0 Å². The van der Waals surface area contributed by atoms with Gasteiger partial charge in [-0.3, -0.25) is 0 Å². The van der Waals surface area contributed by atoms with Crippen LogP contribution in [-0.2, 0) is 6.42 Å². The van der Waals surface area contributed by atoms with Gasteiger partial charge in [-0.1, -0.05) is 32.0 Å². The molecule has 0 aliphatic rings. The van der Waals surface area contributed by atoms with Crippen LogP contribution in [-0.4, -0.2) is 9.78 Å². The molecular formula is C13H16N2. The van der Waals surface area contributed by atoms with E-state index in [1.54, 1.807) is 0 Å². The van der Waals surface area contributed by atoms with Crippen LogP contribution in [0.25, 0.3) is 5.69 Å². The zero-order chi connectivity index (χ0) is 10.7. The highest BCUT2D eigenvalue weighted by molar-refractivity contribution is 5.30. The van der Waals surface area contributed by atoms with Crippen molar-refractivity contribution in [3.8, 4) is 5.69 Å². The second-order valence-electron chi connectivity index (χ2n) is 4.19. The molecule has 15 heavy (non-hydrogen) atoms. The van der Waals surface area contributed by atoms with Crippen LogP contribution in [0.15, 0.2) is 42.6 Å². The van der Waals surface area contributed by atoms with Gasteiger partial charge in [0.25, 0.3) is 0 Å². The van der Waals surface area contributed by atoms with Crippen molar-refractivity contribution in [1.29, 1.82) is 0 Å². The van der Waals surface area contributed by atoms with Gasteiger partial charge in [0.15, 0.2) is 0 Å². The topological polar surface area (TPSA) is 17.8 Å². The molecule has 0 fully saturated rings. The van der Waals surface area contributed by atoms with E-state index in [0.717, 1.165) is 17.8 Å². The monoisotopic (exact) mass is 200 g/mol. The van der Waals surface area contributed by atoms with Crippen LogP contribution in [0.1, 0.15) is 19.5 Å². The first-order valence-electron chi connectivity index (χ1n) is 5.35. The number of rotatable bonds is 3. The number of aromatic nitrogens is 2. The van der Waals surface area contributed by atoms with Crippen LogP contribution in [0.4, 0.5) is 0 Å². The quantitative estimate of drug-likeness (QED) is 0.744. The van der Waals surface area contributed by atoms with E-state index in [-0.39, 0.29) is 0 Å². The lowest BCUT2D eigenvalue weighted by Crippen LogP contribution is -1.98. The van der Waals surface area contributed by atoms with Crippen molar-refractivity contribution < 1.29 is 0 Å². The van der Waals surface area contributed by atoms with Crippen molar-refractivity contribution in [1.82, 2.24) is 9.78 Å². The smallest absolute Gasteiger partial charge is 0.0645 e. The maximum Gasteiger partial charge on any atom is 0.0645 e. The average molecular weight is 200 g/mol. The zero-order valence-corrected chi connectivity index (χ0v) is 9.22. The molecule has 0 unspecified atom stereocenters. The van der Waals surface area contributed by atoms with Crippen LogP contribution in [0.2, 0.25) is 0 Å². The van der Waals surface area contributed by atoms with Gasteiger partial charge < -0.3 is 0 Å². The van der Waals surface area contributed by atoms with Crippen molar-refractivity contribution in [2.75, 3.05) is 0 Å². The highest BCUT2D eigenvalue weighted by Gasteiger charge is 2.02. The molecule has 1 aromatic carbocycles. The first kappa shape index (κ1) is 9.97. The van der Waals surface area contributed by atoms with E-state index in [1.807, 2.05) is 29.1 Å². The number of hydrogen-bond donors (Lipinski definition) is 0. The minimum Gasteiger partial charge on any atom is -0.241 e. The Kier molecular flexibility index (Phi) is 2.86. The summed E-state index contributed by atoms with van der Waals surface area (Å²) < 4.78 is 1.93. The van der Waals surface area contributed by atoms with Crippen LogP contribution in [0.5, 0.6) is 0 Å². The third kappa shape index (κ3) is 2.46. The Labute approximate surface area is 90.6 Å². The first-order chi connectivity index (χ1) is 7.25. The van der Waals surface area contributed by atoms with Crippen molar-refractivity contribution in [2.24, 2.45) is 5.92 Å². The van der Waals surface area contributed by atoms with Crippen LogP contribution in [0.3, 0.4) is 0 Å². The van der Waals surface area contributed by atoms with Crippen molar-refractivity contribution in [3.63, 3.8) is 0 Å². The minimum atomic E-state index is 0.657. The van der Waals surface area contributed by atoms with Gasteiger partial charge in [-0.05, 0) is 30.5 Å². The maximum atomic E-state index is 4.54. The summed E-state index contributed by atoms with van der Waals surface area (Å²) in [5.74, 6) is 0.657. The first-order valence-corrected chi connectivity index (χ1v) is 5.35. The second-order valence-corrected chi connectivity index (χ2v) is 4.19. The Morgan fingerprint density at radius 1 is 1.13 bits per heavy atom. The molecule has 0 saturated carbocycles. The molecule has 2 rings (SSSR count).